The molecule has 0 aromatic rings. The first-order chi connectivity index (χ1) is 16.0. The van der Waals surface area contributed by atoms with Crippen LogP contribution in [0.4, 0.5) is 4.79 Å². The highest BCUT2D eigenvalue weighted by Crippen LogP contribution is 2.37. The van der Waals surface area contributed by atoms with Crippen molar-refractivity contribution in [1.29, 1.82) is 0 Å². The summed E-state index contributed by atoms with van der Waals surface area (Å²) in [6.07, 6.45) is 16.9. The molecule has 0 N–H and O–H groups in total. The van der Waals surface area contributed by atoms with Crippen molar-refractivity contribution in [2.24, 2.45) is 11.8 Å². The molecule has 0 aliphatic carbocycles. The lowest BCUT2D eigenvalue weighted by Crippen LogP contribution is -2.44. The minimum Gasteiger partial charge on any atom is -0.311 e. The number of hydrogen-bond donors (Lipinski definition) is 0. The lowest BCUT2D eigenvalue weighted by atomic mass is 9.75. The number of carbonyl (C=O) groups excluding carboxylic acids is 3. The van der Waals surface area contributed by atoms with Crippen LogP contribution >= 0.6 is 0 Å². The third-order valence-electron chi connectivity index (χ3n) is 5.59. The van der Waals surface area contributed by atoms with Gasteiger partial charge in [-0.3, -0.25) is 9.59 Å². The average molecular weight is 471 g/mol. The van der Waals surface area contributed by atoms with Gasteiger partial charge in [-0.25, -0.2) is 4.79 Å². The van der Waals surface area contributed by atoms with Gasteiger partial charge < -0.3 is 9.74 Å². The van der Waals surface area contributed by atoms with Gasteiger partial charge in [-0.2, -0.15) is 0 Å². The molecule has 0 radical (unpaired) electrons. The fourth-order valence-corrected chi connectivity index (χ4v) is 4.10. The lowest BCUT2D eigenvalue weighted by molar-refractivity contribution is -0.174. The van der Waals surface area contributed by atoms with Crippen molar-refractivity contribution in [3.05, 3.63) is 72.9 Å². The summed E-state index contributed by atoms with van der Waals surface area (Å²) in [5.41, 5.74) is 2.34. The molecular formula is C28H42N2O4. The van der Waals surface area contributed by atoms with Gasteiger partial charge in [0.15, 0.2) is 0 Å². The second-order valence-electron chi connectivity index (χ2n) is 7.53. The maximum Gasteiger partial charge on any atom is 0.434 e. The van der Waals surface area contributed by atoms with Crippen molar-refractivity contribution < 1.29 is 19.2 Å². The van der Waals surface area contributed by atoms with E-state index in [0.29, 0.717) is 24.1 Å². The minimum absolute atomic E-state index is 0. The topological polar surface area (TPSA) is 66.9 Å². The molecule has 188 valence electrons. The van der Waals surface area contributed by atoms with E-state index < -0.39 is 17.9 Å². The number of carbonyl (C=O) groups is 3. The lowest BCUT2D eigenvalue weighted by Gasteiger charge is -2.37. The van der Waals surface area contributed by atoms with E-state index in [0.717, 1.165) is 18.4 Å². The van der Waals surface area contributed by atoms with Gasteiger partial charge in [0, 0.05) is 31.8 Å². The Morgan fingerprint density at radius 2 is 1.59 bits per heavy atom. The average Bonchev–Trinajstić information content (AvgIpc) is 3.15. The molecule has 2 fully saturated rings. The van der Waals surface area contributed by atoms with Gasteiger partial charge in [0.25, 0.3) is 11.8 Å². The number of hydrogen-bond acceptors (Lipinski definition) is 4. The Morgan fingerprint density at radius 1 is 1.00 bits per heavy atom. The van der Waals surface area contributed by atoms with E-state index in [1.54, 1.807) is 17.1 Å². The number of hydroxylamine groups is 2. The smallest absolute Gasteiger partial charge is 0.311 e. The maximum absolute atomic E-state index is 12.5. The Balaban J connectivity index is 0.00000353. The zero-order chi connectivity index (χ0) is 24.8. The van der Waals surface area contributed by atoms with E-state index in [2.05, 4.69) is 31.4 Å². The third-order valence-corrected chi connectivity index (χ3v) is 5.59. The molecule has 0 aromatic carbocycles. The fourth-order valence-electron chi connectivity index (χ4n) is 4.10. The quantitative estimate of drug-likeness (QED) is 0.298. The number of likely N-dealkylation sites (tertiary alicyclic amines) is 1. The Kier molecular flexibility index (Phi) is 14.9. The molecule has 2 rings (SSSR count). The second-order valence-corrected chi connectivity index (χ2v) is 7.53. The molecule has 0 spiro atoms. The molecule has 2 saturated heterocycles. The first-order valence-electron chi connectivity index (χ1n) is 11.7. The standard InChI is InChI=1S/C25H32N2O4.C2H6.CH4/c1-5-9-12-19(8-4)24(20(10-6-2)11-7-3)21-15-17-26(18-16-21)25(30)31-27-22(28)13-14-23(27)29;1-2;/h5-12,21,24H,1-2,13-18H2,3-4H3;1-2H3;1H4/b11-7-,12-9-,19-8+,20-10+;;. The van der Waals surface area contributed by atoms with Gasteiger partial charge >= 0.3 is 6.09 Å². The minimum atomic E-state index is -0.647. The zero-order valence-electron chi connectivity index (χ0n) is 20.5. The largest absolute Gasteiger partial charge is 0.434 e. The van der Waals surface area contributed by atoms with E-state index in [4.69, 9.17) is 4.84 Å². The highest BCUT2D eigenvalue weighted by atomic mass is 16.7. The first kappa shape index (κ1) is 30.9. The molecule has 0 aromatic heterocycles. The molecule has 2 heterocycles. The van der Waals surface area contributed by atoms with Crippen molar-refractivity contribution >= 4 is 17.9 Å². The molecule has 6 heteroatoms. The van der Waals surface area contributed by atoms with Crippen LogP contribution in [0.2, 0.25) is 0 Å². The van der Waals surface area contributed by atoms with Crippen molar-refractivity contribution in [3.63, 3.8) is 0 Å². The predicted molar refractivity (Wildman–Crippen MR) is 140 cm³/mol. The predicted octanol–water partition coefficient (Wildman–Crippen LogP) is 6.55. The highest BCUT2D eigenvalue weighted by molar-refractivity contribution is 6.01. The molecule has 0 bridgehead atoms. The summed E-state index contributed by atoms with van der Waals surface area (Å²) in [7, 11) is 0. The van der Waals surface area contributed by atoms with Crippen LogP contribution in [0, 0.1) is 11.8 Å². The van der Waals surface area contributed by atoms with Crippen LogP contribution in [0.5, 0.6) is 0 Å². The summed E-state index contributed by atoms with van der Waals surface area (Å²) in [5.74, 6) is -0.478. The van der Waals surface area contributed by atoms with Gasteiger partial charge in [0.05, 0.1) is 0 Å². The fraction of sp³-hybridized carbons (Fsp3) is 0.464. The van der Waals surface area contributed by atoms with Crippen LogP contribution < -0.4 is 0 Å². The molecule has 6 nitrogen and oxygen atoms in total. The van der Waals surface area contributed by atoms with Gasteiger partial charge in [-0.1, -0.05) is 83.0 Å². The number of nitrogens with zero attached hydrogens (tertiary/aromatic N) is 2. The third kappa shape index (κ3) is 8.32. The Bertz CT molecular complexity index is 811. The van der Waals surface area contributed by atoms with Crippen LogP contribution in [0.25, 0.3) is 0 Å². The molecule has 0 saturated carbocycles. The molecule has 1 atom stereocenters. The SMILES string of the molecule is C.C=C/C=C\C(=C/C)C(C(/C=C\C)=C/C=C)C1CCN(C(=O)ON2C(=O)CCC2=O)CC1.CC. The monoisotopic (exact) mass is 470 g/mol. The number of allylic oxidation sites excluding steroid dienone is 10. The van der Waals surface area contributed by atoms with Crippen molar-refractivity contribution in [2.45, 2.75) is 60.8 Å². The molecular weight excluding hydrogens is 428 g/mol. The Hall–Kier alpha value is -3.15. The molecule has 1 unspecified atom stereocenters. The van der Waals surface area contributed by atoms with Crippen molar-refractivity contribution in [3.8, 4) is 0 Å². The van der Waals surface area contributed by atoms with Gasteiger partial charge in [0.1, 0.15) is 0 Å². The van der Waals surface area contributed by atoms with Crippen LogP contribution in [0.3, 0.4) is 0 Å². The number of piperidine rings is 1. The van der Waals surface area contributed by atoms with Crippen LogP contribution in [-0.4, -0.2) is 41.0 Å². The normalized spacial score (nSPS) is 18.5. The van der Waals surface area contributed by atoms with Crippen LogP contribution in [0.15, 0.2) is 72.9 Å². The van der Waals surface area contributed by atoms with Crippen molar-refractivity contribution in [1.82, 2.24) is 9.96 Å². The van der Waals surface area contributed by atoms with Crippen molar-refractivity contribution in [2.75, 3.05) is 13.1 Å². The first-order valence-corrected chi connectivity index (χ1v) is 11.7. The zero-order valence-corrected chi connectivity index (χ0v) is 20.5. The van der Waals surface area contributed by atoms with E-state index in [1.165, 1.54) is 5.57 Å². The van der Waals surface area contributed by atoms with Crippen LogP contribution in [0.1, 0.15) is 60.8 Å². The molecule has 34 heavy (non-hydrogen) atoms. The van der Waals surface area contributed by atoms with Gasteiger partial charge in [-0.15, -0.1) is 5.06 Å². The van der Waals surface area contributed by atoms with Gasteiger partial charge in [-0.05, 0) is 43.8 Å². The number of imide groups is 1. The van der Waals surface area contributed by atoms with E-state index in [9.17, 15) is 14.4 Å². The Labute approximate surface area is 206 Å². The summed E-state index contributed by atoms with van der Waals surface area (Å²) in [6, 6.07) is 0. The summed E-state index contributed by atoms with van der Waals surface area (Å²) in [5, 5.41) is 0.603. The number of amides is 3. The second kappa shape index (κ2) is 16.5. The number of rotatable bonds is 8. The van der Waals surface area contributed by atoms with Crippen LogP contribution in [-0.2, 0) is 14.4 Å². The van der Waals surface area contributed by atoms with E-state index in [-0.39, 0.29) is 26.2 Å². The van der Waals surface area contributed by atoms with E-state index >= 15 is 0 Å². The summed E-state index contributed by atoms with van der Waals surface area (Å²) < 4.78 is 0. The summed E-state index contributed by atoms with van der Waals surface area (Å²) >= 11 is 0. The molecule has 2 aliphatic heterocycles. The summed E-state index contributed by atoms with van der Waals surface area (Å²) in [4.78, 5) is 42.5. The Morgan fingerprint density at radius 3 is 2.06 bits per heavy atom. The summed E-state index contributed by atoms with van der Waals surface area (Å²) in [6.45, 7) is 16.6. The van der Waals surface area contributed by atoms with Gasteiger partial charge in [0.2, 0.25) is 0 Å². The molecule has 3 amide bonds. The maximum atomic E-state index is 12.5. The van der Waals surface area contributed by atoms with E-state index in [1.807, 2.05) is 45.9 Å². The highest BCUT2D eigenvalue weighted by Gasteiger charge is 2.36. The molecule has 2 aliphatic rings.